The molecule has 3 aromatic rings. The van der Waals surface area contributed by atoms with Crippen LogP contribution in [0.3, 0.4) is 0 Å². The lowest BCUT2D eigenvalue weighted by molar-refractivity contribution is -0.122. The lowest BCUT2D eigenvalue weighted by atomic mass is 9.80. The average Bonchev–Trinajstić information content (AvgIpc) is 3.03. The zero-order chi connectivity index (χ0) is 16.7. The Morgan fingerprint density at radius 2 is 2.12 bits per heavy atom. The topological polar surface area (TPSA) is 47.8 Å². The standard InChI is InChI=1S/C20H19N3O/c1-13-5-3-8-17(20(13)24)16-7-4-6-14-9-19(21-11-18(14)16)15-10-22-23(2)12-15/h3-7,9-13,17H,8H2,1-2H3. The van der Waals surface area contributed by atoms with Gasteiger partial charge in [0.15, 0.2) is 0 Å². The largest absolute Gasteiger partial charge is 0.298 e. The average molecular weight is 317 g/mol. The zero-order valence-electron chi connectivity index (χ0n) is 13.8. The molecule has 0 fully saturated rings. The summed E-state index contributed by atoms with van der Waals surface area (Å²) in [6.07, 6.45) is 10.6. The van der Waals surface area contributed by atoms with Crippen LogP contribution < -0.4 is 0 Å². The van der Waals surface area contributed by atoms with Crippen LogP contribution in [0.1, 0.15) is 24.8 Å². The number of aromatic nitrogens is 3. The molecule has 0 aliphatic heterocycles. The lowest BCUT2D eigenvalue weighted by Gasteiger charge is -2.22. The Bertz CT molecular complexity index is 954. The van der Waals surface area contributed by atoms with Gasteiger partial charge in [-0.1, -0.05) is 37.3 Å². The summed E-state index contributed by atoms with van der Waals surface area (Å²) in [6, 6.07) is 8.23. The third-order valence-electron chi connectivity index (χ3n) is 4.76. The predicted molar refractivity (Wildman–Crippen MR) is 94.6 cm³/mol. The van der Waals surface area contributed by atoms with Crippen LogP contribution in [0.15, 0.2) is 55.0 Å². The van der Waals surface area contributed by atoms with Gasteiger partial charge in [-0.15, -0.1) is 0 Å². The highest BCUT2D eigenvalue weighted by atomic mass is 16.1. The van der Waals surface area contributed by atoms with Gasteiger partial charge in [0, 0.05) is 42.2 Å². The highest BCUT2D eigenvalue weighted by molar-refractivity contribution is 5.96. The number of aryl methyl sites for hydroxylation is 1. The van der Waals surface area contributed by atoms with Crippen molar-refractivity contribution >= 4 is 16.6 Å². The molecular weight excluding hydrogens is 298 g/mol. The molecule has 24 heavy (non-hydrogen) atoms. The minimum Gasteiger partial charge on any atom is -0.298 e. The molecule has 2 atom stereocenters. The van der Waals surface area contributed by atoms with Gasteiger partial charge in [0.05, 0.1) is 11.9 Å². The number of carbonyl (C=O) groups is 1. The van der Waals surface area contributed by atoms with Crippen LogP contribution >= 0.6 is 0 Å². The van der Waals surface area contributed by atoms with E-state index in [1.54, 1.807) is 4.68 Å². The molecule has 2 aromatic heterocycles. The summed E-state index contributed by atoms with van der Waals surface area (Å²) in [7, 11) is 1.89. The second-order valence-electron chi connectivity index (χ2n) is 6.45. The van der Waals surface area contributed by atoms with Crippen LogP contribution in [0, 0.1) is 5.92 Å². The van der Waals surface area contributed by atoms with Crippen molar-refractivity contribution < 1.29 is 4.79 Å². The number of fused-ring (bicyclic) bond motifs is 1. The van der Waals surface area contributed by atoms with Gasteiger partial charge in [-0.25, -0.2) is 0 Å². The van der Waals surface area contributed by atoms with Gasteiger partial charge in [0.1, 0.15) is 5.78 Å². The highest BCUT2D eigenvalue weighted by Gasteiger charge is 2.27. The number of Topliss-reactive ketones (excluding diaryl/α,β-unsaturated/α-hetero) is 1. The van der Waals surface area contributed by atoms with E-state index in [1.807, 2.05) is 44.7 Å². The minimum absolute atomic E-state index is 0.0124. The third-order valence-corrected chi connectivity index (χ3v) is 4.76. The second-order valence-corrected chi connectivity index (χ2v) is 6.45. The summed E-state index contributed by atoms with van der Waals surface area (Å²) in [5, 5.41) is 6.38. The predicted octanol–water partition coefficient (Wildman–Crippen LogP) is 3.88. The van der Waals surface area contributed by atoms with Crippen molar-refractivity contribution in [1.29, 1.82) is 0 Å². The number of allylic oxidation sites excluding steroid dienone is 2. The van der Waals surface area contributed by atoms with Gasteiger partial charge in [-0.2, -0.15) is 5.10 Å². The van der Waals surface area contributed by atoms with Crippen molar-refractivity contribution in [2.24, 2.45) is 13.0 Å². The van der Waals surface area contributed by atoms with E-state index >= 15 is 0 Å². The van der Waals surface area contributed by atoms with E-state index in [0.717, 1.165) is 34.0 Å². The molecule has 4 heteroatoms. The molecule has 0 N–H and O–H groups in total. The van der Waals surface area contributed by atoms with E-state index in [-0.39, 0.29) is 11.8 Å². The summed E-state index contributed by atoms with van der Waals surface area (Å²) >= 11 is 0. The Balaban J connectivity index is 1.81. The molecular formula is C20H19N3O. The number of nitrogens with zero attached hydrogens (tertiary/aromatic N) is 3. The van der Waals surface area contributed by atoms with Gasteiger partial charge in [0.25, 0.3) is 0 Å². The monoisotopic (exact) mass is 317 g/mol. The number of rotatable bonds is 2. The molecule has 1 aliphatic carbocycles. The second kappa shape index (κ2) is 5.71. The van der Waals surface area contributed by atoms with Crippen molar-refractivity contribution in [3.63, 3.8) is 0 Å². The van der Waals surface area contributed by atoms with E-state index < -0.39 is 0 Å². The number of pyridine rings is 1. The van der Waals surface area contributed by atoms with Crippen molar-refractivity contribution in [1.82, 2.24) is 14.8 Å². The number of hydrogen-bond acceptors (Lipinski definition) is 3. The summed E-state index contributed by atoms with van der Waals surface area (Å²) < 4.78 is 1.77. The van der Waals surface area contributed by atoms with Gasteiger partial charge in [-0.3, -0.25) is 14.5 Å². The van der Waals surface area contributed by atoms with Crippen molar-refractivity contribution in [2.45, 2.75) is 19.3 Å². The Hall–Kier alpha value is -2.75. The van der Waals surface area contributed by atoms with Gasteiger partial charge >= 0.3 is 0 Å². The molecule has 2 unspecified atom stereocenters. The molecule has 0 spiro atoms. The normalized spacial score (nSPS) is 20.7. The fraction of sp³-hybridized carbons (Fsp3) is 0.250. The van der Waals surface area contributed by atoms with Crippen LogP contribution in [-0.2, 0) is 11.8 Å². The first-order valence-corrected chi connectivity index (χ1v) is 8.21. The summed E-state index contributed by atoms with van der Waals surface area (Å²) in [4.78, 5) is 17.2. The highest BCUT2D eigenvalue weighted by Crippen LogP contribution is 2.34. The van der Waals surface area contributed by atoms with E-state index in [4.69, 9.17) is 0 Å². The summed E-state index contributed by atoms with van der Waals surface area (Å²) in [5.41, 5.74) is 2.98. The van der Waals surface area contributed by atoms with Gasteiger partial charge in [-0.05, 0) is 23.4 Å². The maximum Gasteiger partial charge on any atom is 0.147 e. The first kappa shape index (κ1) is 14.8. The quantitative estimate of drug-likeness (QED) is 0.674. The van der Waals surface area contributed by atoms with Crippen LogP contribution in [0.4, 0.5) is 0 Å². The Morgan fingerprint density at radius 1 is 1.25 bits per heavy atom. The molecule has 0 radical (unpaired) electrons. The minimum atomic E-state index is -0.0697. The van der Waals surface area contributed by atoms with Crippen LogP contribution in [0.2, 0.25) is 0 Å². The molecule has 4 rings (SSSR count). The van der Waals surface area contributed by atoms with E-state index in [2.05, 4.69) is 34.4 Å². The maximum atomic E-state index is 12.6. The lowest BCUT2D eigenvalue weighted by Crippen LogP contribution is -2.21. The SMILES string of the molecule is CC1C=CCC(c2cccc3cc(-c4cnn(C)c4)ncc23)C1=O. The molecule has 2 heterocycles. The Kier molecular flexibility index (Phi) is 3.53. The fourth-order valence-electron chi connectivity index (χ4n) is 3.44. The number of carbonyl (C=O) groups excluding carboxylic acids is 1. The summed E-state index contributed by atoms with van der Waals surface area (Å²) in [6.45, 7) is 1.97. The van der Waals surface area contributed by atoms with E-state index in [0.29, 0.717) is 5.78 Å². The Labute approximate surface area is 140 Å². The van der Waals surface area contributed by atoms with E-state index in [1.165, 1.54) is 0 Å². The number of ketones is 1. The first-order valence-electron chi connectivity index (χ1n) is 8.21. The number of benzene rings is 1. The van der Waals surface area contributed by atoms with Gasteiger partial charge < -0.3 is 0 Å². The molecule has 0 amide bonds. The van der Waals surface area contributed by atoms with Crippen molar-refractivity contribution in [3.8, 4) is 11.3 Å². The third kappa shape index (κ3) is 2.44. The van der Waals surface area contributed by atoms with Crippen LogP contribution in [-0.4, -0.2) is 20.5 Å². The molecule has 0 saturated carbocycles. The first-order chi connectivity index (χ1) is 11.6. The Morgan fingerprint density at radius 3 is 2.92 bits per heavy atom. The molecule has 1 aliphatic rings. The number of hydrogen-bond donors (Lipinski definition) is 0. The molecule has 0 bridgehead atoms. The fourth-order valence-corrected chi connectivity index (χ4v) is 3.44. The zero-order valence-corrected chi connectivity index (χ0v) is 13.8. The maximum absolute atomic E-state index is 12.6. The molecule has 0 saturated heterocycles. The van der Waals surface area contributed by atoms with Crippen LogP contribution in [0.5, 0.6) is 0 Å². The smallest absolute Gasteiger partial charge is 0.147 e. The van der Waals surface area contributed by atoms with Crippen molar-refractivity contribution in [2.75, 3.05) is 0 Å². The summed E-state index contributed by atoms with van der Waals surface area (Å²) in [5.74, 6) is 0.211. The van der Waals surface area contributed by atoms with Crippen molar-refractivity contribution in [3.05, 3.63) is 60.6 Å². The van der Waals surface area contributed by atoms with Gasteiger partial charge in [0.2, 0.25) is 0 Å². The molecule has 4 nitrogen and oxygen atoms in total. The van der Waals surface area contributed by atoms with E-state index in [9.17, 15) is 4.79 Å². The molecule has 1 aromatic carbocycles. The van der Waals surface area contributed by atoms with Crippen LogP contribution in [0.25, 0.3) is 22.0 Å². The molecule has 120 valence electrons.